The fourth-order valence-corrected chi connectivity index (χ4v) is 5.94. The first-order chi connectivity index (χ1) is 18.5. The van der Waals surface area contributed by atoms with Crippen molar-refractivity contribution in [1.29, 1.82) is 0 Å². The Hall–Kier alpha value is -3.27. The fourth-order valence-electron chi connectivity index (χ4n) is 4.08. The van der Waals surface area contributed by atoms with E-state index in [2.05, 4.69) is 5.32 Å². The minimum absolute atomic E-state index is 0.0189. The molecule has 11 heteroatoms. The molecule has 0 aromatic heterocycles. The van der Waals surface area contributed by atoms with Crippen LogP contribution in [0.15, 0.2) is 71.6 Å². The highest BCUT2D eigenvalue weighted by Crippen LogP contribution is 2.33. The molecule has 0 bridgehead atoms. The highest BCUT2D eigenvalue weighted by molar-refractivity contribution is 7.92. The van der Waals surface area contributed by atoms with Crippen molar-refractivity contribution in [1.82, 2.24) is 10.2 Å². The van der Waals surface area contributed by atoms with Gasteiger partial charge in [0.25, 0.3) is 10.0 Å². The van der Waals surface area contributed by atoms with Crippen LogP contribution in [0, 0.1) is 6.92 Å². The van der Waals surface area contributed by atoms with Gasteiger partial charge in [-0.05, 0) is 61.4 Å². The molecule has 2 amide bonds. The van der Waals surface area contributed by atoms with E-state index in [1.54, 1.807) is 43.3 Å². The first-order valence-corrected chi connectivity index (χ1v) is 14.4. The zero-order valence-electron chi connectivity index (χ0n) is 22.1. The minimum Gasteiger partial charge on any atom is -0.497 e. The van der Waals surface area contributed by atoms with Gasteiger partial charge < -0.3 is 15.0 Å². The number of carbonyl (C=O) groups is 2. The van der Waals surface area contributed by atoms with Crippen LogP contribution in [0.3, 0.4) is 0 Å². The Labute approximate surface area is 239 Å². The fraction of sp³-hybridized carbons (Fsp3) is 0.286. The summed E-state index contributed by atoms with van der Waals surface area (Å²) in [5.74, 6) is -0.385. The molecule has 39 heavy (non-hydrogen) atoms. The van der Waals surface area contributed by atoms with Gasteiger partial charge >= 0.3 is 0 Å². The van der Waals surface area contributed by atoms with Crippen LogP contribution in [-0.4, -0.2) is 51.9 Å². The van der Waals surface area contributed by atoms with Crippen LogP contribution < -0.4 is 14.4 Å². The summed E-state index contributed by atoms with van der Waals surface area (Å²) in [5.41, 5.74) is 1.63. The number of nitrogens with one attached hydrogen (secondary N) is 1. The van der Waals surface area contributed by atoms with E-state index >= 15 is 0 Å². The third-order valence-corrected chi connectivity index (χ3v) is 8.51. The summed E-state index contributed by atoms with van der Waals surface area (Å²) in [6.45, 7) is 3.05. The third-order valence-electron chi connectivity index (χ3n) is 6.18. The number of benzene rings is 3. The van der Waals surface area contributed by atoms with Crippen LogP contribution in [-0.2, 0) is 26.2 Å². The van der Waals surface area contributed by atoms with Crippen LogP contribution in [0.1, 0.15) is 24.5 Å². The highest BCUT2D eigenvalue weighted by Gasteiger charge is 2.34. The molecule has 0 radical (unpaired) electrons. The lowest BCUT2D eigenvalue weighted by atomic mass is 10.1. The summed E-state index contributed by atoms with van der Waals surface area (Å²) in [7, 11) is -1.24. The molecule has 208 valence electrons. The van der Waals surface area contributed by atoms with E-state index in [1.165, 1.54) is 49.4 Å². The maximum atomic E-state index is 14.0. The number of ether oxygens (including phenoxy) is 1. The largest absolute Gasteiger partial charge is 0.497 e. The zero-order chi connectivity index (χ0) is 28.7. The molecular formula is C28H31Cl2N3O5S. The number of likely N-dealkylation sites (N-methyl/N-ethyl adjacent to an activating group) is 1. The van der Waals surface area contributed by atoms with Gasteiger partial charge in [0.15, 0.2) is 0 Å². The van der Waals surface area contributed by atoms with E-state index in [4.69, 9.17) is 27.9 Å². The van der Waals surface area contributed by atoms with E-state index in [-0.39, 0.29) is 33.1 Å². The molecule has 0 aliphatic rings. The molecule has 0 spiro atoms. The van der Waals surface area contributed by atoms with Gasteiger partial charge in [-0.1, -0.05) is 60.0 Å². The summed E-state index contributed by atoms with van der Waals surface area (Å²) in [4.78, 5) is 28.1. The number of anilines is 1. The molecule has 1 unspecified atom stereocenters. The normalized spacial score (nSPS) is 11.9. The molecule has 0 saturated carbocycles. The Morgan fingerprint density at radius 2 is 1.72 bits per heavy atom. The Morgan fingerprint density at radius 3 is 2.33 bits per heavy atom. The van der Waals surface area contributed by atoms with Crippen molar-refractivity contribution in [2.45, 2.75) is 37.8 Å². The first-order valence-electron chi connectivity index (χ1n) is 12.2. The van der Waals surface area contributed by atoms with Crippen molar-refractivity contribution in [2.75, 3.05) is 25.0 Å². The SMILES string of the molecule is CCC(C(=O)NC)N(Cc1cccc(OC)c1)C(=O)CN(c1cc(Cl)ccc1Cl)S(=O)(=O)c1ccc(C)cc1. The van der Waals surface area contributed by atoms with E-state index in [0.717, 1.165) is 9.87 Å². The van der Waals surface area contributed by atoms with E-state index < -0.39 is 28.5 Å². The second kappa shape index (κ2) is 13.2. The molecule has 3 rings (SSSR count). The average molecular weight is 593 g/mol. The second-order valence-electron chi connectivity index (χ2n) is 8.83. The van der Waals surface area contributed by atoms with Gasteiger partial charge in [0, 0.05) is 18.6 Å². The maximum absolute atomic E-state index is 14.0. The predicted molar refractivity (Wildman–Crippen MR) is 154 cm³/mol. The molecule has 0 saturated heterocycles. The van der Waals surface area contributed by atoms with Crippen molar-refractivity contribution in [2.24, 2.45) is 0 Å². The lowest BCUT2D eigenvalue weighted by Crippen LogP contribution is -2.51. The van der Waals surface area contributed by atoms with Crippen molar-refractivity contribution in [3.63, 3.8) is 0 Å². The smallest absolute Gasteiger partial charge is 0.264 e. The number of sulfonamides is 1. The summed E-state index contributed by atoms with van der Waals surface area (Å²) >= 11 is 12.6. The third kappa shape index (κ3) is 7.23. The van der Waals surface area contributed by atoms with Crippen molar-refractivity contribution >= 4 is 50.7 Å². The zero-order valence-corrected chi connectivity index (χ0v) is 24.5. The number of carbonyl (C=O) groups excluding carboxylic acids is 2. The molecule has 3 aromatic carbocycles. The van der Waals surface area contributed by atoms with Crippen molar-refractivity contribution in [3.05, 3.63) is 87.9 Å². The van der Waals surface area contributed by atoms with E-state index in [9.17, 15) is 18.0 Å². The monoisotopic (exact) mass is 591 g/mol. The van der Waals surface area contributed by atoms with Gasteiger partial charge in [-0.25, -0.2) is 8.42 Å². The topological polar surface area (TPSA) is 96.0 Å². The first kappa shape index (κ1) is 30.3. The highest BCUT2D eigenvalue weighted by atomic mass is 35.5. The molecule has 3 aromatic rings. The number of hydrogen-bond acceptors (Lipinski definition) is 5. The number of amides is 2. The number of halogens is 2. The molecule has 0 heterocycles. The Morgan fingerprint density at radius 1 is 1.03 bits per heavy atom. The number of rotatable bonds is 11. The van der Waals surface area contributed by atoms with Crippen LogP contribution >= 0.6 is 23.2 Å². The van der Waals surface area contributed by atoms with Gasteiger partial charge in [0.2, 0.25) is 11.8 Å². The molecule has 0 aliphatic carbocycles. The van der Waals surface area contributed by atoms with E-state index in [0.29, 0.717) is 17.7 Å². The minimum atomic E-state index is -4.26. The molecular weight excluding hydrogens is 561 g/mol. The van der Waals surface area contributed by atoms with Gasteiger partial charge in [0.1, 0.15) is 18.3 Å². The summed E-state index contributed by atoms with van der Waals surface area (Å²) in [6.07, 6.45) is 0.304. The molecule has 0 fully saturated rings. The van der Waals surface area contributed by atoms with Gasteiger partial charge in [-0.3, -0.25) is 13.9 Å². The van der Waals surface area contributed by atoms with Gasteiger partial charge in [0.05, 0.1) is 22.7 Å². The standard InChI is InChI=1S/C28H31Cl2N3O5S/c1-5-25(28(35)31-3)32(17-20-7-6-8-22(15-20)38-4)27(34)18-33(26-16-21(29)11-14-24(26)30)39(36,37)23-12-9-19(2)10-13-23/h6-16,25H,5,17-18H2,1-4H3,(H,31,35). The lowest BCUT2D eigenvalue weighted by molar-refractivity contribution is -0.140. The Kier molecular flexibility index (Phi) is 10.2. The number of aryl methyl sites for hydroxylation is 1. The van der Waals surface area contributed by atoms with Gasteiger partial charge in [-0.2, -0.15) is 0 Å². The predicted octanol–water partition coefficient (Wildman–Crippen LogP) is 5.06. The lowest BCUT2D eigenvalue weighted by Gasteiger charge is -2.33. The number of nitrogens with zero attached hydrogens (tertiary/aromatic N) is 2. The molecule has 1 N–H and O–H groups in total. The summed E-state index contributed by atoms with van der Waals surface area (Å²) in [6, 6.07) is 16.9. The van der Waals surface area contributed by atoms with Gasteiger partial charge in [-0.15, -0.1) is 0 Å². The van der Waals surface area contributed by atoms with Crippen LogP contribution in [0.4, 0.5) is 5.69 Å². The maximum Gasteiger partial charge on any atom is 0.264 e. The molecule has 8 nitrogen and oxygen atoms in total. The Bertz CT molecular complexity index is 1430. The Balaban J connectivity index is 2.11. The average Bonchev–Trinajstić information content (AvgIpc) is 2.93. The van der Waals surface area contributed by atoms with Crippen molar-refractivity contribution in [3.8, 4) is 5.75 Å². The molecule has 1 atom stereocenters. The quantitative estimate of drug-likeness (QED) is 0.336. The van der Waals surface area contributed by atoms with Crippen molar-refractivity contribution < 1.29 is 22.7 Å². The number of methoxy groups -OCH3 is 1. The van der Waals surface area contributed by atoms with Crippen LogP contribution in [0.25, 0.3) is 0 Å². The van der Waals surface area contributed by atoms with Crippen LogP contribution in [0.5, 0.6) is 5.75 Å². The summed E-state index contributed by atoms with van der Waals surface area (Å²) in [5, 5.41) is 2.94. The summed E-state index contributed by atoms with van der Waals surface area (Å²) < 4.78 is 34.0. The second-order valence-corrected chi connectivity index (χ2v) is 11.5. The molecule has 0 aliphatic heterocycles. The van der Waals surface area contributed by atoms with E-state index in [1.807, 2.05) is 6.92 Å². The van der Waals surface area contributed by atoms with Crippen LogP contribution in [0.2, 0.25) is 10.0 Å². The number of hydrogen-bond donors (Lipinski definition) is 1.